The van der Waals surface area contributed by atoms with Crippen molar-refractivity contribution in [2.24, 2.45) is 17.1 Å². The molecule has 2 fully saturated rings. The summed E-state index contributed by atoms with van der Waals surface area (Å²) in [4.78, 5) is 0. The van der Waals surface area contributed by atoms with Crippen molar-refractivity contribution in [1.29, 1.82) is 0 Å². The van der Waals surface area contributed by atoms with Crippen LogP contribution in [0.15, 0.2) is 0 Å². The first-order valence-corrected chi connectivity index (χ1v) is 7.54. The number of nitrogens with two attached hydrogens (primary N) is 1. The standard InChI is InChI=1S/C15H29NO/c1-13-7-6-10-15(17,11-13)14(12-16)8-4-2-3-5-9-14/h13,17H,2-12,16H2,1H3. The van der Waals surface area contributed by atoms with Gasteiger partial charge >= 0.3 is 0 Å². The Balaban J connectivity index is 2.19. The van der Waals surface area contributed by atoms with Crippen LogP contribution in [0.1, 0.15) is 71.1 Å². The maximum atomic E-state index is 11.2. The molecule has 0 aromatic carbocycles. The Labute approximate surface area is 106 Å². The Morgan fingerprint density at radius 2 is 1.71 bits per heavy atom. The van der Waals surface area contributed by atoms with E-state index in [-0.39, 0.29) is 5.41 Å². The molecular formula is C15H29NO. The number of rotatable bonds is 2. The van der Waals surface area contributed by atoms with E-state index in [4.69, 9.17) is 5.73 Å². The summed E-state index contributed by atoms with van der Waals surface area (Å²) in [5, 5.41) is 11.2. The molecule has 100 valence electrons. The first-order valence-electron chi connectivity index (χ1n) is 7.54. The second-order valence-electron chi connectivity index (χ2n) is 6.63. The van der Waals surface area contributed by atoms with Gasteiger partial charge in [-0.3, -0.25) is 0 Å². The molecule has 0 aliphatic heterocycles. The van der Waals surface area contributed by atoms with Crippen LogP contribution >= 0.6 is 0 Å². The van der Waals surface area contributed by atoms with Gasteiger partial charge in [-0.1, -0.05) is 45.4 Å². The minimum Gasteiger partial charge on any atom is -0.389 e. The van der Waals surface area contributed by atoms with E-state index in [9.17, 15) is 5.11 Å². The average Bonchev–Trinajstić information content (AvgIpc) is 2.55. The van der Waals surface area contributed by atoms with Crippen molar-refractivity contribution in [2.45, 2.75) is 76.7 Å². The lowest BCUT2D eigenvalue weighted by Crippen LogP contribution is -2.54. The molecule has 2 nitrogen and oxygen atoms in total. The summed E-state index contributed by atoms with van der Waals surface area (Å²) < 4.78 is 0. The molecule has 0 bridgehead atoms. The van der Waals surface area contributed by atoms with Crippen LogP contribution in [0.3, 0.4) is 0 Å². The highest BCUT2D eigenvalue weighted by Crippen LogP contribution is 2.50. The van der Waals surface area contributed by atoms with Crippen LogP contribution < -0.4 is 5.73 Å². The summed E-state index contributed by atoms with van der Waals surface area (Å²) in [6.45, 7) is 2.96. The van der Waals surface area contributed by atoms with Crippen molar-refractivity contribution in [2.75, 3.05) is 6.54 Å². The lowest BCUT2D eigenvalue weighted by Gasteiger charge is -2.50. The Morgan fingerprint density at radius 3 is 2.24 bits per heavy atom. The van der Waals surface area contributed by atoms with Crippen molar-refractivity contribution in [3.05, 3.63) is 0 Å². The maximum absolute atomic E-state index is 11.2. The zero-order valence-electron chi connectivity index (χ0n) is 11.4. The van der Waals surface area contributed by atoms with E-state index in [0.29, 0.717) is 12.5 Å². The fourth-order valence-corrected chi connectivity index (χ4v) is 4.27. The largest absolute Gasteiger partial charge is 0.389 e. The summed E-state index contributed by atoms with van der Waals surface area (Å²) in [5.41, 5.74) is 5.67. The van der Waals surface area contributed by atoms with Gasteiger partial charge in [0.05, 0.1) is 5.60 Å². The zero-order valence-corrected chi connectivity index (χ0v) is 11.4. The minimum atomic E-state index is -0.468. The highest BCUT2D eigenvalue weighted by Gasteiger charge is 2.50. The summed E-state index contributed by atoms with van der Waals surface area (Å²) in [7, 11) is 0. The van der Waals surface area contributed by atoms with Gasteiger partial charge < -0.3 is 10.8 Å². The SMILES string of the molecule is CC1CCCC(O)(C2(CN)CCCCCC2)C1. The average molecular weight is 239 g/mol. The molecule has 2 aliphatic carbocycles. The molecule has 0 saturated heterocycles. The highest BCUT2D eigenvalue weighted by molar-refractivity contribution is 5.02. The van der Waals surface area contributed by atoms with Gasteiger partial charge in [0.1, 0.15) is 0 Å². The monoisotopic (exact) mass is 239 g/mol. The van der Waals surface area contributed by atoms with Crippen molar-refractivity contribution in [3.63, 3.8) is 0 Å². The summed E-state index contributed by atoms with van der Waals surface area (Å²) in [6, 6.07) is 0. The van der Waals surface area contributed by atoms with Crippen molar-refractivity contribution in [1.82, 2.24) is 0 Å². The molecule has 2 rings (SSSR count). The van der Waals surface area contributed by atoms with Crippen LogP contribution in [0, 0.1) is 11.3 Å². The Morgan fingerprint density at radius 1 is 1.06 bits per heavy atom. The summed E-state index contributed by atoms with van der Waals surface area (Å²) in [6.07, 6.45) is 11.9. The second kappa shape index (κ2) is 5.27. The predicted molar refractivity (Wildman–Crippen MR) is 71.8 cm³/mol. The van der Waals surface area contributed by atoms with Gasteiger partial charge in [0.2, 0.25) is 0 Å². The first-order chi connectivity index (χ1) is 8.12. The third kappa shape index (κ3) is 2.53. The fourth-order valence-electron chi connectivity index (χ4n) is 4.27. The third-order valence-electron chi connectivity index (χ3n) is 5.41. The molecule has 0 heterocycles. The maximum Gasteiger partial charge on any atom is 0.0718 e. The Kier molecular flexibility index (Phi) is 4.14. The van der Waals surface area contributed by atoms with Crippen LogP contribution in [0.25, 0.3) is 0 Å². The summed E-state index contributed by atoms with van der Waals surface area (Å²) >= 11 is 0. The molecule has 0 spiro atoms. The Bertz CT molecular complexity index is 245. The molecule has 2 atom stereocenters. The molecule has 3 N–H and O–H groups in total. The highest BCUT2D eigenvalue weighted by atomic mass is 16.3. The van der Waals surface area contributed by atoms with Crippen molar-refractivity contribution < 1.29 is 5.11 Å². The predicted octanol–water partition coefficient (Wildman–Crippen LogP) is 3.23. The second-order valence-corrected chi connectivity index (χ2v) is 6.63. The van der Waals surface area contributed by atoms with Crippen LogP contribution in [-0.2, 0) is 0 Å². The molecule has 0 aromatic rings. The normalized spacial score (nSPS) is 38.6. The van der Waals surface area contributed by atoms with E-state index >= 15 is 0 Å². The molecule has 2 heteroatoms. The lowest BCUT2D eigenvalue weighted by atomic mass is 9.60. The van der Waals surface area contributed by atoms with E-state index < -0.39 is 5.60 Å². The molecule has 2 saturated carbocycles. The quantitative estimate of drug-likeness (QED) is 0.727. The van der Waals surface area contributed by atoms with Gasteiger partial charge in [0.15, 0.2) is 0 Å². The van der Waals surface area contributed by atoms with Gasteiger partial charge in [-0.15, -0.1) is 0 Å². The summed E-state index contributed by atoms with van der Waals surface area (Å²) in [5.74, 6) is 0.667. The molecule has 0 aromatic heterocycles. The van der Waals surface area contributed by atoms with Crippen LogP contribution in [0.5, 0.6) is 0 Å². The van der Waals surface area contributed by atoms with Crippen LogP contribution in [0.4, 0.5) is 0 Å². The van der Waals surface area contributed by atoms with E-state index in [1.807, 2.05) is 0 Å². The van der Waals surface area contributed by atoms with E-state index in [2.05, 4.69) is 6.92 Å². The number of aliphatic hydroxyl groups is 1. The molecular weight excluding hydrogens is 210 g/mol. The van der Waals surface area contributed by atoms with Crippen molar-refractivity contribution >= 4 is 0 Å². The molecule has 0 radical (unpaired) electrons. The molecule has 0 amide bonds. The van der Waals surface area contributed by atoms with Gasteiger partial charge in [0.25, 0.3) is 0 Å². The van der Waals surface area contributed by atoms with Gasteiger partial charge in [-0.05, 0) is 31.6 Å². The van der Waals surface area contributed by atoms with E-state index in [1.165, 1.54) is 38.5 Å². The third-order valence-corrected chi connectivity index (χ3v) is 5.41. The topological polar surface area (TPSA) is 46.2 Å². The zero-order chi connectivity index (χ0) is 12.4. The van der Waals surface area contributed by atoms with E-state index in [0.717, 1.165) is 25.7 Å². The number of hydrogen-bond donors (Lipinski definition) is 2. The van der Waals surface area contributed by atoms with Gasteiger partial charge in [-0.25, -0.2) is 0 Å². The lowest BCUT2D eigenvalue weighted by molar-refractivity contribution is -0.123. The van der Waals surface area contributed by atoms with Crippen LogP contribution in [0.2, 0.25) is 0 Å². The molecule has 17 heavy (non-hydrogen) atoms. The van der Waals surface area contributed by atoms with Crippen LogP contribution in [-0.4, -0.2) is 17.3 Å². The smallest absolute Gasteiger partial charge is 0.0718 e. The molecule has 2 aliphatic rings. The number of hydrogen-bond acceptors (Lipinski definition) is 2. The Hall–Kier alpha value is -0.0800. The fraction of sp³-hybridized carbons (Fsp3) is 1.00. The minimum absolute atomic E-state index is 0.0260. The van der Waals surface area contributed by atoms with E-state index in [1.54, 1.807) is 0 Å². The van der Waals surface area contributed by atoms with Gasteiger partial charge in [0, 0.05) is 12.0 Å². The van der Waals surface area contributed by atoms with Crippen molar-refractivity contribution in [3.8, 4) is 0 Å². The first kappa shape index (κ1) is 13.4. The van der Waals surface area contributed by atoms with Gasteiger partial charge in [-0.2, -0.15) is 0 Å². The molecule has 2 unspecified atom stereocenters.